The van der Waals surface area contributed by atoms with Gasteiger partial charge in [-0.15, -0.1) is 0 Å². The van der Waals surface area contributed by atoms with Crippen LogP contribution in [0.2, 0.25) is 0 Å². The molecular weight excluding hydrogens is 596 g/mol. The Morgan fingerprint density at radius 2 is 1.43 bits per heavy atom. The third kappa shape index (κ3) is 6.18. The van der Waals surface area contributed by atoms with E-state index in [1.807, 2.05) is 13.8 Å². The summed E-state index contributed by atoms with van der Waals surface area (Å²) in [4.78, 5) is 38.1. The quantitative estimate of drug-likeness (QED) is 0.177. The third-order valence-corrected chi connectivity index (χ3v) is 14.5. The molecule has 8 nitrogen and oxygen atoms in total. The number of aliphatic hydroxyl groups is 1. The van der Waals surface area contributed by atoms with Gasteiger partial charge in [-0.2, -0.15) is 0 Å². The highest BCUT2D eigenvalue weighted by Crippen LogP contribution is 2.76. The van der Waals surface area contributed by atoms with Crippen molar-refractivity contribution in [2.75, 3.05) is 0 Å². The smallest absolute Gasteiger partial charge is 0.317 e. The first kappa shape index (κ1) is 36.6. The molecule has 0 amide bonds. The Hall–Kier alpha value is -1.67. The van der Waals surface area contributed by atoms with Gasteiger partial charge in [0.25, 0.3) is 0 Å². The van der Waals surface area contributed by atoms with Crippen molar-refractivity contribution in [3.05, 3.63) is 0 Å². The molecule has 1 N–H and O–H groups in total. The summed E-state index contributed by atoms with van der Waals surface area (Å²) in [5.74, 6) is -0.247. The van der Waals surface area contributed by atoms with Gasteiger partial charge in [0, 0.05) is 18.3 Å². The molecule has 11 atom stereocenters. The first-order chi connectivity index (χ1) is 21.4. The molecule has 0 radical (unpaired) electrons. The van der Waals surface area contributed by atoms with Crippen molar-refractivity contribution in [3.8, 4) is 0 Å². The minimum Gasteiger partial charge on any atom is -0.462 e. The van der Waals surface area contributed by atoms with Gasteiger partial charge in [0.05, 0.1) is 17.3 Å². The van der Waals surface area contributed by atoms with E-state index in [1.54, 1.807) is 27.7 Å². The van der Waals surface area contributed by atoms with Crippen LogP contribution in [-0.2, 0) is 33.3 Å². The second-order valence-electron chi connectivity index (χ2n) is 19.3. The molecule has 0 aromatic carbocycles. The van der Waals surface area contributed by atoms with Gasteiger partial charge in [0.1, 0.15) is 24.2 Å². The predicted octanol–water partition coefficient (Wildman–Crippen LogP) is 7.57. The molecule has 47 heavy (non-hydrogen) atoms. The van der Waals surface area contributed by atoms with E-state index >= 15 is 0 Å². The van der Waals surface area contributed by atoms with Crippen molar-refractivity contribution in [2.45, 2.75) is 182 Å². The lowest BCUT2D eigenvalue weighted by Crippen LogP contribution is -2.67. The Balaban J connectivity index is 1.41. The maximum absolute atomic E-state index is 13.0. The van der Waals surface area contributed by atoms with Crippen LogP contribution in [-0.4, -0.2) is 58.1 Å². The Morgan fingerprint density at radius 1 is 0.787 bits per heavy atom. The molecule has 1 aliphatic heterocycles. The molecule has 4 aliphatic carbocycles. The topological polar surface area (TPSA) is 108 Å². The summed E-state index contributed by atoms with van der Waals surface area (Å²) >= 11 is 0. The minimum atomic E-state index is -0.902. The Kier molecular flexibility index (Phi) is 9.12. The van der Waals surface area contributed by atoms with Crippen LogP contribution in [0.25, 0.3) is 0 Å². The van der Waals surface area contributed by atoms with Crippen molar-refractivity contribution in [1.82, 2.24) is 0 Å². The molecule has 0 aromatic rings. The summed E-state index contributed by atoms with van der Waals surface area (Å²) in [7, 11) is 0. The second kappa shape index (κ2) is 11.7. The summed E-state index contributed by atoms with van der Waals surface area (Å²) < 4.78 is 24.6. The van der Waals surface area contributed by atoms with E-state index in [0.29, 0.717) is 11.8 Å². The van der Waals surface area contributed by atoms with Gasteiger partial charge < -0.3 is 24.1 Å². The monoisotopic (exact) mass is 660 g/mol. The van der Waals surface area contributed by atoms with Gasteiger partial charge >= 0.3 is 17.9 Å². The summed E-state index contributed by atoms with van der Waals surface area (Å²) in [6.07, 6.45) is 7.32. The van der Waals surface area contributed by atoms with Crippen molar-refractivity contribution in [2.24, 2.45) is 45.3 Å². The van der Waals surface area contributed by atoms with Crippen molar-refractivity contribution < 1.29 is 38.4 Å². The van der Waals surface area contributed by atoms with Crippen molar-refractivity contribution in [3.63, 3.8) is 0 Å². The molecule has 8 heteroatoms. The summed E-state index contributed by atoms with van der Waals surface area (Å²) in [6, 6.07) is 0. The standard InChI is InChI=1S/C39H64O8/c1-23(40)44-25-21-27-36(9)17-15-28(45-30(41)22-31(42)47-33(2,3)4)34(5,6)26(36)14-19-37(27,10)38(11)18-13-24(32(25)38)39(12)20-16-29(46-39)35(7,8)43/h24-29,32,43H,13-22H2,1-12H3/t24-,25+,26-,27+,28+,29+,32-,36-,37+,38+,39-/m0/s1. The molecule has 0 unspecified atom stereocenters. The van der Waals surface area contributed by atoms with Crippen molar-refractivity contribution >= 4 is 17.9 Å². The molecule has 1 saturated heterocycles. The molecule has 1 heterocycles. The third-order valence-electron chi connectivity index (χ3n) is 14.5. The lowest BCUT2D eigenvalue weighted by atomic mass is 9.35. The fourth-order valence-electron chi connectivity index (χ4n) is 12.3. The predicted molar refractivity (Wildman–Crippen MR) is 179 cm³/mol. The fraction of sp³-hybridized carbons (Fsp3) is 0.923. The zero-order chi connectivity index (χ0) is 35.2. The fourth-order valence-corrected chi connectivity index (χ4v) is 12.3. The lowest BCUT2D eigenvalue weighted by molar-refractivity contribution is -0.254. The number of ether oxygens (including phenoxy) is 4. The molecule has 0 spiro atoms. The molecule has 4 saturated carbocycles. The Labute approximate surface area is 283 Å². The van der Waals surface area contributed by atoms with Crippen LogP contribution in [0.1, 0.15) is 147 Å². The normalized spacial score (nSPS) is 44.5. The molecule has 0 bridgehead atoms. The van der Waals surface area contributed by atoms with E-state index in [4.69, 9.17) is 18.9 Å². The summed E-state index contributed by atoms with van der Waals surface area (Å²) in [5.41, 5.74) is -2.27. The number of esters is 3. The van der Waals surface area contributed by atoms with Crippen LogP contribution < -0.4 is 0 Å². The zero-order valence-electron chi connectivity index (χ0n) is 31.4. The maximum atomic E-state index is 13.0. The highest BCUT2D eigenvalue weighted by molar-refractivity contribution is 5.91. The Morgan fingerprint density at radius 3 is 2.00 bits per heavy atom. The van der Waals surface area contributed by atoms with Crippen LogP contribution >= 0.6 is 0 Å². The van der Waals surface area contributed by atoms with Gasteiger partial charge in [0.2, 0.25) is 0 Å². The average Bonchev–Trinajstić information content (AvgIpc) is 3.48. The number of rotatable bonds is 6. The van der Waals surface area contributed by atoms with Crippen LogP contribution in [0.5, 0.6) is 0 Å². The average molecular weight is 661 g/mol. The van der Waals surface area contributed by atoms with Gasteiger partial charge in [-0.25, -0.2) is 0 Å². The first-order valence-electron chi connectivity index (χ1n) is 18.4. The van der Waals surface area contributed by atoms with Gasteiger partial charge in [-0.1, -0.05) is 34.6 Å². The summed E-state index contributed by atoms with van der Waals surface area (Å²) in [6.45, 7) is 24.8. The van der Waals surface area contributed by atoms with Crippen LogP contribution in [0, 0.1) is 45.3 Å². The first-order valence-corrected chi connectivity index (χ1v) is 18.4. The van der Waals surface area contributed by atoms with E-state index in [1.165, 1.54) is 0 Å². The molecule has 5 aliphatic rings. The van der Waals surface area contributed by atoms with Crippen molar-refractivity contribution in [1.29, 1.82) is 0 Å². The number of fused-ring (bicyclic) bond motifs is 5. The van der Waals surface area contributed by atoms with E-state index < -0.39 is 23.1 Å². The number of carbonyl (C=O) groups is 3. The van der Waals surface area contributed by atoms with E-state index in [-0.39, 0.29) is 69.8 Å². The van der Waals surface area contributed by atoms with Crippen LogP contribution in [0.15, 0.2) is 0 Å². The van der Waals surface area contributed by atoms with Gasteiger partial charge in [0.15, 0.2) is 0 Å². The SMILES string of the molecule is CC(=O)O[C@@H]1C[C@@H]2[C@@]3(C)CC[C@@H](OC(=O)CC(=O)OC(C)(C)C)C(C)(C)[C@@H]3CC[C@@]2(C)[C@]2(C)CC[C@H]([C@]3(C)CC[C@H](C(C)(C)O)O3)[C@@H]12. The Bertz CT molecular complexity index is 1240. The maximum Gasteiger partial charge on any atom is 0.317 e. The second-order valence-corrected chi connectivity index (χ2v) is 19.3. The van der Waals surface area contributed by atoms with E-state index in [0.717, 1.165) is 57.8 Å². The van der Waals surface area contributed by atoms with E-state index in [2.05, 4.69) is 41.5 Å². The molecule has 0 aromatic heterocycles. The zero-order valence-corrected chi connectivity index (χ0v) is 31.4. The minimum absolute atomic E-state index is 0.0329. The van der Waals surface area contributed by atoms with Gasteiger partial charge in [-0.05, 0) is 133 Å². The lowest BCUT2D eigenvalue weighted by Gasteiger charge is -2.70. The largest absolute Gasteiger partial charge is 0.462 e. The molecule has 5 fully saturated rings. The highest BCUT2D eigenvalue weighted by Gasteiger charge is 2.72. The summed E-state index contributed by atoms with van der Waals surface area (Å²) in [5, 5.41) is 10.8. The van der Waals surface area contributed by atoms with Crippen LogP contribution in [0.3, 0.4) is 0 Å². The van der Waals surface area contributed by atoms with E-state index in [9.17, 15) is 19.5 Å². The molecule has 268 valence electrons. The number of carbonyl (C=O) groups excluding carboxylic acids is 3. The number of hydrogen-bond donors (Lipinski definition) is 1. The molecule has 5 rings (SSSR count). The highest BCUT2D eigenvalue weighted by atomic mass is 16.6. The van der Waals surface area contributed by atoms with Gasteiger partial charge in [-0.3, -0.25) is 14.4 Å². The van der Waals surface area contributed by atoms with Crippen LogP contribution in [0.4, 0.5) is 0 Å². The molecular formula is C39H64O8. The number of hydrogen-bond acceptors (Lipinski definition) is 8.